The van der Waals surface area contributed by atoms with E-state index in [1.165, 1.54) is 7.11 Å². The Balaban J connectivity index is 1.97. The smallest absolute Gasteiger partial charge is 0.433 e. The summed E-state index contributed by atoms with van der Waals surface area (Å²) in [4.78, 5) is 15.1. The number of aromatic nitrogens is 1. The van der Waals surface area contributed by atoms with Crippen molar-refractivity contribution in [1.82, 2.24) is 10.3 Å². The number of rotatable bonds is 5. The molecule has 24 heavy (non-hydrogen) atoms. The van der Waals surface area contributed by atoms with Crippen molar-refractivity contribution in [3.8, 4) is 5.75 Å². The van der Waals surface area contributed by atoms with Crippen molar-refractivity contribution < 1.29 is 27.8 Å². The number of carbonyl (C=O) groups excluding carboxylic acids is 1. The number of aliphatic hydroxyl groups excluding tert-OH is 1. The van der Waals surface area contributed by atoms with Gasteiger partial charge in [0.2, 0.25) is 0 Å². The fraction of sp³-hybridized carbons (Fsp3) is 0.250. The molecule has 2 rings (SSSR count). The number of methoxy groups -OCH3 is 1. The Hall–Kier alpha value is -2.61. The van der Waals surface area contributed by atoms with Gasteiger partial charge in [-0.25, -0.2) is 0 Å². The Morgan fingerprint density at radius 2 is 2.08 bits per heavy atom. The molecular weight excluding hydrogens is 325 g/mol. The molecule has 128 valence electrons. The van der Waals surface area contributed by atoms with Gasteiger partial charge < -0.3 is 15.2 Å². The van der Waals surface area contributed by atoms with Crippen LogP contribution in [0.1, 0.15) is 27.7 Å². The van der Waals surface area contributed by atoms with Crippen molar-refractivity contribution >= 4 is 5.91 Å². The lowest BCUT2D eigenvalue weighted by Gasteiger charge is -2.13. The molecule has 1 amide bonds. The van der Waals surface area contributed by atoms with Crippen molar-refractivity contribution in [1.29, 1.82) is 0 Å². The van der Waals surface area contributed by atoms with Crippen LogP contribution in [0.3, 0.4) is 0 Å². The lowest BCUT2D eigenvalue weighted by Crippen LogP contribution is -2.28. The largest absolute Gasteiger partial charge is 0.497 e. The number of amides is 1. The third-order valence-electron chi connectivity index (χ3n) is 3.25. The van der Waals surface area contributed by atoms with Crippen molar-refractivity contribution in [2.24, 2.45) is 0 Å². The van der Waals surface area contributed by atoms with E-state index in [-0.39, 0.29) is 12.1 Å². The van der Waals surface area contributed by atoms with Crippen LogP contribution in [0.5, 0.6) is 5.75 Å². The van der Waals surface area contributed by atoms with Crippen LogP contribution in [0.2, 0.25) is 0 Å². The van der Waals surface area contributed by atoms with Gasteiger partial charge in [0.25, 0.3) is 5.91 Å². The lowest BCUT2D eigenvalue weighted by atomic mass is 10.1. The quantitative estimate of drug-likeness (QED) is 0.878. The molecule has 0 aliphatic carbocycles. The van der Waals surface area contributed by atoms with E-state index < -0.39 is 23.9 Å². The van der Waals surface area contributed by atoms with E-state index in [1.54, 1.807) is 24.3 Å². The molecule has 1 heterocycles. The predicted molar refractivity (Wildman–Crippen MR) is 79.5 cm³/mol. The number of hydrogen-bond acceptors (Lipinski definition) is 4. The van der Waals surface area contributed by atoms with Crippen molar-refractivity contribution in [2.45, 2.75) is 12.3 Å². The first kappa shape index (κ1) is 17.7. The summed E-state index contributed by atoms with van der Waals surface area (Å²) in [7, 11) is 1.49. The number of aliphatic hydroxyl groups is 1. The van der Waals surface area contributed by atoms with E-state index in [2.05, 4.69) is 10.3 Å². The van der Waals surface area contributed by atoms with Gasteiger partial charge in [-0.15, -0.1) is 0 Å². The molecule has 2 aromatic rings. The standard InChI is InChI=1S/C16H15F3N2O3/c1-24-12-4-2-3-10(7-12)13(22)9-21-15(23)11-5-6-14(20-8-11)16(17,18)19/h2-8,13,22H,9H2,1H3,(H,21,23). The first-order valence-corrected chi connectivity index (χ1v) is 6.94. The SMILES string of the molecule is COc1cccc(C(O)CNC(=O)c2ccc(C(F)(F)F)nc2)c1. The third kappa shape index (κ3) is 4.45. The van der Waals surface area contributed by atoms with Crippen LogP contribution in [0.15, 0.2) is 42.6 Å². The lowest BCUT2D eigenvalue weighted by molar-refractivity contribution is -0.141. The van der Waals surface area contributed by atoms with Gasteiger partial charge in [0.1, 0.15) is 11.4 Å². The van der Waals surface area contributed by atoms with Crippen molar-refractivity contribution in [3.63, 3.8) is 0 Å². The monoisotopic (exact) mass is 340 g/mol. The van der Waals surface area contributed by atoms with Gasteiger partial charge in [0.05, 0.1) is 18.8 Å². The molecule has 0 bridgehead atoms. The minimum Gasteiger partial charge on any atom is -0.497 e. The number of hydrogen-bond donors (Lipinski definition) is 2. The summed E-state index contributed by atoms with van der Waals surface area (Å²) in [6, 6.07) is 8.45. The number of ether oxygens (including phenoxy) is 1. The van der Waals surface area contributed by atoms with Gasteiger partial charge in [-0.2, -0.15) is 13.2 Å². The van der Waals surface area contributed by atoms with E-state index in [1.807, 2.05) is 0 Å². The number of nitrogens with one attached hydrogen (secondary N) is 1. The topological polar surface area (TPSA) is 71.5 Å². The molecule has 1 atom stereocenters. The summed E-state index contributed by atoms with van der Waals surface area (Å²) in [6.07, 6.45) is -4.69. The fourth-order valence-corrected chi connectivity index (χ4v) is 1.95. The molecule has 8 heteroatoms. The second-order valence-electron chi connectivity index (χ2n) is 4.93. The van der Waals surface area contributed by atoms with Crippen LogP contribution in [-0.2, 0) is 6.18 Å². The molecule has 0 radical (unpaired) electrons. The van der Waals surface area contributed by atoms with Crippen molar-refractivity contribution in [3.05, 3.63) is 59.4 Å². The van der Waals surface area contributed by atoms with Crippen LogP contribution in [0.25, 0.3) is 0 Å². The summed E-state index contributed by atoms with van der Waals surface area (Å²) >= 11 is 0. The van der Waals surface area contributed by atoms with Crippen molar-refractivity contribution in [2.75, 3.05) is 13.7 Å². The van der Waals surface area contributed by atoms with Gasteiger partial charge in [0.15, 0.2) is 0 Å². The first-order valence-electron chi connectivity index (χ1n) is 6.94. The number of alkyl halides is 3. The van der Waals surface area contributed by atoms with Crippen LogP contribution in [-0.4, -0.2) is 29.7 Å². The Kier molecular flexibility index (Phi) is 5.40. The summed E-state index contributed by atoms with van der Waals surface area (Å²) < 4.78 is 42.3. The van der Waals surface area contributed by atoms with Gasteiger partial charge >= 0.3 is 6.18 Å². The average Bonchev–Trinajstić information content (AvgIpc) is 2.58. The summed E-state index contributed by atoms with van der Waals surface area (Å²) in [5.74, 6) is -0.0667. The van der Waals surface area contributed by atoms with Gasteiger partial charge in [-0.05, 0) is 29.8 Å². The number of nitrogens with zero attached hydrogens (tertiary/aromatic N) is 1. The fourth-order valence-electron chi connectivity index (χ4n) is 1.95. The predicted octanol–water partition coefficient (Wildman–Crippen LogP) is 2.57. The molecule has 1 unspecified atom stereocenters. The van der Waals surface area contributed by atoms with E-state index in [9.17, 15) is 23.1 Å². The highest BCUT2D eigenvalue weighted by atomic mass is 19.4. The molecule has 0 saturated heterocycles. The normalized spacial score (nSPS) is 12.5. The van der Waals surface area contributed by atoms with Crippen LogP contribution < -0.4 is 10.1 Å². The summed E-state index contributed by atoms with van der Waals surface area (Å²) in [5, 5.41) is 12.5. The van der Waals surface area contributed by atoms with Crippen LogP contribution in [0, 0.1) is 0 Å². The number of halogens is 3. The summed E-state index contributed by atoms with van der Waals surface area (Å²) in [5.41, 5.74) is -0.559. The van der Waals surface area contributed by atoms with Gasteiger partial charge in [-0.3, -0.25) is 9.78 Å². The molecule has 0 aliphatic rings. The molecule has 0 saturated carbocycles. The number of benzene rings is 1. The molecular formula is C16H15F3N2O3. The Labute approximate surface area is 136 Å². The number of carbonyl (C=O) groups is 1. The van der Waals surface area contributed by atoms with Gasteiger partial charge in [-0.1, -0.05) is 12.1 Å². The minimum absolute atomic E-state index is 0.0270. The maximum absolute atomic E-state index is 12.4. The molecule has 5 nitrogen and oxygen atoms in total. The highest BCUT2D eigenvalue weighted by Crippen LogP contribution is 2.27. The molecule has 2 N–H and O–H groups in total. The zero-order valence-corrected chi connectivity index (χ0v) is 12.7. The first-order chi connectivity index (χ1) is 11.3. The molecule has 1 aromatic carbocycles. The zero-order valence-electron chi connectivity index (χ0n) is 12.7. The maximum Gasteiger partial charge on any atom is 0.433 e. The molecule has 1 aromatic heterocycles. The zero-order chi connectivity index (χ0) is 17.7. The summed E-state index contributed by atoms with van der Waals surface area (Å²) in [6.45, 7) is -0.104. The molecule has 0 spiro atoms. The Morgan fingerprint density at radius 1 is 1.33 bits per heavy atom. The average molecular weight is 340 g/mol. The van der Waals surface area contributed by atoms with E-state index >= 15 is 0 Å². The Bertz CT molecular complexity index is 702. The van der Waals surface area contributed by atoms with Crippen LogP contribution in [0.4, 0.5) is 13.2 Å². The van der Waals surface area contributed by atoms with Crippen LogP contribution >= 0.6 is 0 Å². The maximum atomic E-state index is 12.4. The molecule has 0 fully saturated rings. The second kappa shape index (κ2) is 7.31. The van der Waals surface area contributed by atoms with E-state index in [0.29, 0.717) is 11.3 Å². The minimum atomic E-state index is -4.56. The number of pyridine rings is 1. The van der Waals surface area contributed by atoms with E-state index in [4.69, 9.17) is 4.74 Å². The Morgan fingerprint density at radius 3 is 2.67 bits per heavy atom. The van der Waals surface area contributed by atoms with Gasteiger partial charge in [0, 0.05) is 12.7 Å². The highest BCUT2D eigenvalue weighted by molar-refractivity contribution is 5.93. The highest BCUT2D eigenvalue weighted by Gasteiger charge is 2.32. The van der Waals surface area contributed by atoms with E-state index in [0.717, 1.165) is 18.3 Å². The molecule has 0 aliphatic heterocycles. The second-order valence-corrected chi connectivity index (χ2v) is 4.93. The third-order valence-corrected chi connectivity index (χ3v) is 3.25.